The standard InChI is InChI=1S/C13H24N4O2/c1-6-17(7-2)13(18)14-11(8-9(3)4)12-16-15-10(5)19-12/h9,11H,6-8H2,1-5H3,(H,14,18). The normalized spacial score (nSPS) is 12.5. The molecule has 0 aliphatic carbocycles. The maximum absolute atomic E-state index is 12.1. The lowest BCUT2D eigenvalue weighted by molar-refractivity contribution is 0.194. The molecule has 1 atom stereocenters. The van der Waals surface area contributed by atoms with E-state index < -0.39 is 0 Å². The van der Waals surface area contributed by atoms with Gasteiger partial charge < -0.3 is 14.6 Å². The third-order valence-electron chi connectivity index (χ3n) is 2.90. The van der Waals surface area contributed by atoms with Crippen molar-refractivity contribution in [3.63, 3.8) is 0 Å². The molecule has 0 aliphatic heterocycles. The molecule has 0 saturated carbocycles. The molecule has 1 aromatic rings. The summed E-state index contributed by atoms with van der Waals surface area (Å²) in [5.41, 5.74) is 0. The summed E-state index contributed by atoms with van der Waals surface area (Å²) in [6.45, 7) is 11.2. The van der Waals surface area contributed by atoms with Crippen molar-refractivity contribution < 1.29 is 9.21 Å². The smallest absolute Gasteiger partial charge is 0.318 e. The molecule has 1 rings (SSSR count). The zero-order chi connectivity index (χ0) is 14.4. The summed E-state index contributed by atoms with van der Waals surface area (Å²) in [6.07, 6.45) is 0.772. The van der Waals surface area contributed by atoms with Gasteiger partial charge in [0.05, 0.1) is 0 Å². The second-order valence-corrected chi connectivity index (χ2v) is 4.96. The van der Waals surface area contributed by atoms with Gasteiger partial charge in [-0.15, -0.1) is 10.2 Å². The number of carbonyl (C=O) groups is 1. The Morgan fingerprint density at radius 2 is 1.95 bits per heavy atom. The van der Waals surface area contributed by atoms with E-state index in [-0.39, 0.29) is 12.1 Å². The minimum Gasteiger partial charge on any atom is -0.423 e. The first-order valence-corrected chi connectivity index (χ1v) is 6.83. The summed E-state index contributed by atoms with van der Waals surface area (Å²) >= 11 is 0. The minimum absolute atomic E-state index is 0.0912. The predicted octanol–water partition coefficient (Wildman–Crippen LogP) is 2.52. The number of aromatic nitrogens is 2. The van der Waals surface area contributed by atoms with Crippen molar-refractivity contribution in [2.45, 2.75) is 47.1 Å². The number of hydrogen-bond acceptors (Lipinski definition) is 4. The van der Waals surface area contributed by atoms with Crippen LogP contribution in [-0.2, 0) is 0 Å². The van der Waals surface area contributed by atoms with Gasteiger partial charge in [0.15, 0.2) is 0 Å². The Labute approximate surface area is 114 Å². The minimum atomic E-state index is -0.228. The molecule has 2 amide bonds. The number of carbonyl (C=O) groups excluding carboxylic acids is 1. The van der Waals surface area contributed by atoms with Gasteiger partial charge in [0, 0.05) is 20.0 Å². The lowest BCUT2D eigenvalue weighted by Gasteiger charge is -2.23. The molecule has 108 valence electrons. The van der Waals surface area contributed by atoms with Crippen molar-refractivity contribution in [2.24, 2.45) is 5.92 Å². The molecule has 0 bridgehead atoms. The first-order chi connectivity index (χ1) is 8.97. The van der Waals surface area contributed by atoms with Crippen LogP contribution in [0.3, 0.4) is 0 Å². The van der Waals surface area contributed by atoms with Crippen molar-refractivity contribution in [1.82, 2.24) is 20.4 Å². The fraction of sp³-hybridized carbons (Fsp3) is 0.769. The number of aryl methyl sites for hydroxylation is 1. The van der Waals surface area contributed by atoms with Gasteiger partial charge in [0.1, 0.15) is 6.04 Å². The van der Waals surface area contributed by atoms with Crippen molar-refractivity contribution in [3.8, 4) is 0 Å². The van der Waals surface area contributed by atoms with Crippen LogP contribution in [-0.4, -0.2) is 34.2 Å². The van der Waals surface area contributed by atoms with E-state index in [0.29, 0.717) is 30.8 Å². The Hall–Kier alpha value is -1.59. The summed E-state index contributed by atoms with van der Waals surface area (Å²) in [5.74, 6) is 1.42. The van der Waals surface area contributed by atoms with Crippen LogP contribution >= 0.6 is 0 Å². The van der Waals surface area contributed by atoms with E-state index >= 15 is 0 Å². The maximum atomic E-state index is 12.1. The van der Waals surface area contributed by atoms with E-state index in [2.05, 4.69) is 29.4 Å². The summed E-state index contributed by atoms with van der Waals surface area (Å²) in [5, 5.41) is 10.8. The molecule has 0 spiro atoms. The fourth-order valence-electron chi connectivity index (χ4n) is 1.90. The summed E-state index contributed by atoms with van der Waals surface area (Å²) in [4.78, 5) is 13.8. The fourth-order valence-corrected chi connectivity index (χ4v) is 1.90. The zero-order valence-corrected chi connectivity index (χ0v) is 12.4. The average molecular weight is 268 g/mol. The molecule has 0 aliphatic rings. The second kappa shape index (κ2) is 7.11. The zero-order valence-electron chi connectivity index (χ0n) is 12.4. The van der Waals surface area contributed by atoms with Gasteiger partial charge in [0.2, 0.25) is 11.8 Å². The van der Waals surface area contributed by atoms with Crippen LogP contribution in [0.5, 0.6) is 0 Å². The molecule has 0 aromatic carbocycles. The highest BCUT2D eigenvalue weighted by Crippen LogP contribution is 2.20. The molecule has 6 heteroatoms. The lowest BCUT2D eigenvalue weighted by atomic mass is 10.0. The molecule has 1 unspecified atom stereocenters. The molecule has 0 fully saturated rings. The topological polar surface area (TPSA) is 71.3 Å². The molecule has 6 nitrogen and oxygen atoms in total. The van der Waals surface area contributed by atoms with Crippen LogP contribution in [0.15, 0.2) is 4.42 Å². The number of amides is 2. The third-order valence-corrected chi connectivity index (χ3v) is 2.90. The Balaban J connectivity index is 2.78. The van der Waals surface area contributed by atoms with Crippen molar-refractivity contribution >= 4 is 6.03 Å². The van der Waals surface area contributed by atoms with Crippen molar-refractivity contribution in [1.29, 1.82) is 0 Å². The van der Waals surface area contributed by atoms with Gasteiger partial charge in [-0.05, 0) is 26.2 Å². The first kappa shape index (κ1) is 15.5. The Kier molecular flexibility index (Phi) is 5.79. The van der Waals surface area contributed by atoms with Gasteiger partial charge in [0.25, 0.3) is 0 Å². The number of nitrogens with zero attached hydrogens (tertiary/aromatic N) is 3. The van der Waals surface area contributed by atoms with E-state index in [1.807, 2.05) is 13.8 Å². The number of urea groups is 1. The van der Waals surface area contributed by atoms with Crippen LogP contribution in [0, 0.1) is 12.8 Å². The second-order valence-electron chi connectivity index (χ2n) is 4.96. The lowest BCUT2D eigenvalue weighted by Crippen LogP contribution is -2.41. The highest BCUT2D eigenvalue weighted by molar-refractivity contribution is 5.74. The summed E-state index contributed by atoms with van der Waals surface area (Å²) < 4.78 is 5.44. The molecule has 19 heavy (non-hydrogen) atoms. The van der Waals surface area contributed by atoms with Gasteiger partial charge in [-0.1, -0.05) is 13.8 Å². The predicted molar refractivity (Wildman–Crippen MR) is 72.7 cm³/mol. The van der Waals surface area contributed by atoms with Gasteiger partial charge in [-0.2, -0.15) is 0 Å². The third kappa shape index (κ3) is 4.54. The summed E-state index contributed by atoms with van der Waals surface area (Å²) in [7, 11) is 0. The van der Waals surface area contributed by atoms with Crippen LogP contribution in [0.1, 0.15) is 51.9 Å². The van der Waals surface area contributed by atoms with Gasteiger partial charge in [-0.25, -0.2) is 4.79 Å². The maximum Gasteiger partial charge on any atom is 0.318 e. The highest BCUT2D eigenvalue weighted by Gasteiger charge is 2.23. The molecule has 0 saturated heterocycles. The number of hydrogen-bond donors (Lipinski definition) is 1. The van der Waals surface area contributed by atoms with Crippen LogP contribution in [0.25, 0.3) is 0 Å². The van der Waals surface area contributed by atoms with Crippen LogP contribution in [0.4, 0.5) is 4.79 Å². The highest BCUT2D eigenvalue weighted by atomic mass is 16.4. The molecule has 1 aromatic heterocycles. The summed E-state index contributed by atoms with van der Waals surface area (Å²) in [6, 6.07) is -0.319. The molecule has 1 heterocycles. The Morgan fingerprint density at radius 3 is 2.37 bits per heavy atom. The van der Waals surface area contributed by atoms with Gasteiger partial charge in [-0.3, -0.25) is 0 Å². The molecule has 1 N–H and O–H groups in total. The number of rotatable bonds is 6. The Morgan fingerprint density at radius 1 is 1.32 bits per heavy atom. The SMILES string of the molecule is CCN(CC)C(=O)NC(CC(C)C)c1nnc(C)o1. The molecular formula is C13H24N4O2. The molecule has 0 radical (unpaired) electrons. The average Bonchev–Trinajstić information content (AvgIpc) is 2.76. The number of nitrogens with one attached hydrogen (secondary N) is 1. The van der Waals surface area contributed by atoms with E-state index in [1.165, 1.54) is 0 Å². The largest absolute Gasteiger partial charge is 0.423 e. The van der Waals surface area contributed by atoms with E-state index in [1.54, 1.807) is 11.8 Å². The van der Waals surface area contributed by atoms with Crippen molar-refractivity contribution in [3.05, 3.63) is 11.8 Å². The van der Waals surface area contributed by atoms with Gasteiger partial charge >= 0.3 is 6.03 Å². The van der Waals surface area contributed by atoms with E-state index in [0.717, 1.165) is 6.42 Å². The molecular weight excluding hydrogens is 244 g/mol. The van der Waals surface area contributed by atoms with Crippen LogP contribution in [0.2, 0.25) is 0 Å². The van der Waals surface area contributed by atoms with E-state index in [4.69, 9.17) is 4.42 Å². The van der Waals surface area contributed by atoms with E-state index in [9.17, 15) is 4.79 Å². The quantitative estimate of drug-likeness (QED) is 0.860. The Bertz CT molecular complexity index is 399. The van der Waals surface area contributed by atoms with Crippen molar-refractivity contribution in [2.75, 3.05) is 13.1 Å². The van der Waals surface area contributed by atoms with Crippen LogP contribution < -0.4 is 5.32 Å². The monoisotopic (exact) mass is 268 g/mol. The first-order valence-electron chi connectivity index (χ1n) is 6.83.